The molecule has 8 heteroatoms. The molecule has 27 heavy (non-hydrogen) atoms. The number of pyridine rings is 1. The van der Waals surface area contributed by atoms with Crippen molar-refractivity contribution in [3.63, 3.8) is 0 Å². The smallest absolute Gasteiger partial charge is 0.335 e. The van der Waals surface area contributed by atoms with Crippen molar-refractivity contribution in [2.24, 2.45) is 0 Å². The number of sulfonamides is 1. The summed E-state index contributed by atoms with van der Waals surface area (Å²) in [7, 11) is -2.40. The van der Waals surface area contributed by atoms with Gasteiger partial charge in [-0.25, -0.2) is 17.9 Å². The number of hydrogen-bond donors (Lipinski definition) is 2. The van der Waals surface area contributed by atoms with Gasteiger partial charge in [-0.05, 0) is 47.5 Å². The lowest BCUT2D eigenvalue weighted by molar-refractivity contribution is 0.0696. The molecule has 0 saturated carbocycles. The van der Waals surface area contributed by atoms with Crippen molar-refractivity contribution in [2.45, 2.75) is 4.90 Å². The summed E-state index contributed by atoms with van der Waals surface area (Å²) in [5.41, 5.74) is 1.88. The third-order valence-electron chi connectivity index (χ3n) is 4.00. The summed E-state index contributed by atoms with van der Waals surface area (Å²) in [5.74, 6) is -1.20. The van der Waals surface area contributed by atoms with Crippen molar-refractivity contribution in [3.05, 3.63) is 60.3 Å². The molecule has 0 amide bonds. The molecule has 1 heterocycles. The molecule has 0 aliphatic carbocycles. The number of nitrogens with one attached hydrogen (secondary N) is 1. The predicted molar refractivity (Wildman–Crippen MR) is 101 cm³/mol. The zero-order valence-corrected chi connectivity index (χ0v) is 15.4. The van der Waals surface area contributed by atoms with E-state index in [0.29, 0.717) is 11.1 Å². The molecule has 2 aromatic carbocycles. The molecule has 0 spiro atoms. The van der Waals surface area contributed by atoms with Crippen molar-refractivity contribution < 1.29 is 23.1 Å². The van der Waals surface area contributed by atoms with E-state index < -0.39 is 16.0 Å². The third kappa shape index (κ3) is 4.30. The lowest BCUT2D eigenvalue weighted by Crippen LogP contribution is -2.27. The Kier molecular flexibility index (Phi) is 5.50. The van der Waals surface area contributed by atoms with Crippen LogP contribution in [0.3, 0.4) is 0 Å². The first-order chi connectivity index (χ1) is 12.9. The summed E-state index contributed by atoms with van der Waals surface area (Å²) >= 11 is 0. The number of carboxylic acid groups (broad SMARTS) is 1. The van der Waals surface area contributed by atoms with E-state index >= 15 is 0 Å². The summed E-state index contributed by atoms with van der Waals surface area (Å²) in [4.78, 5) is 15.6. The van der Waals surface area contributed by atoms with Gasteiger partial charge in [0.1, 0.15) is 0 Å². The summed E-state index contributed by atoms with van der Waals surface area (Å²) in [6, 6.07) is 13.2. The van der Waals surface area contributed by atoms with E-state index in [1.54, 1.807) is 18.3 Å². The van der Waals surface area contributed by atoms with Crippen molar-refractivity contribution in [2.75, 3.05) is 20.3 Å². The van der Waals surface area contributed by atoms with Crippen LogP contribution in [0.4, 0.5) is 0 Å². The Balaban J connectivity index is 2.09. The average Bonchev–Trinajstić information content (AvgIpc) is 2.67. The molecule has 0 saturated heterocycles. The SMILES string of the molecule is COCCNS(=O)(=O)c1cc(C(=O)O)cc(-c2ccc3ncccc3c2)c1. The fourth-order valence-corrected chi connectivity index (χ4v) is 3.74. The van der Waals surface area contributed by atoms with Crippen molar-refractivity contribution >= 4 is 26.9 Å². The van der Waals surface area contributed by atoms with E-state index in [0.717, 1.165) is 17.0 Å². The predicted octanol–water partition coefficient (Wildman–Crippen LogP) is 2.52. The van der Waals surface area contributed by atoms with E-state index in [4.69, 9.17) is 4.74 Å². The van der Waals surface area contributed by atoms with Gasteiger partial charge in [-0.3, -0.25) is 4.98 Å². The Morgan fingerprint density at radius 3 is 2.70 bits per heavy atom. The van der Waals surface area contributed by atoms with E-state index in [-0.39, 0.29) is 23.6 Å². The molecule has 0 bridgehead atoms. The van der Waals surface area contributed by atoms with E-state index in [1.165, 1.54) is 19.2 Å². The highest BCUT2D eigenvalue weighted by Crippen LogP contribution is 2.27. The highest BCUT2D eigenvalue weighted by atomic mass is 32.2. The molecule has 0 unspecified atom stereocenters. The first-order valence-corrected chi connectivity index (χ1v) is 9.61. The number of fused-ring (bicyclic) bond motifs is 1. The number of aromatic nitrogens is 1. The molecule has 2 N–H and O–H groups in total. The topological polar surface area (TPSA) is 106 Å². The summed E-state index contributed by atoms with van der Waals surface area (Å²) in [6.07, 6.45) is 1.68. The van der Waals surface area contributed by atoms with Gasteiger partial charge in [-0.1, -0.05) is 12.1 Å². The molecular weight excluding hydrogens is 368 g/mol. The van der Waals surface area contributed by atoms with Crippen LogP contribution in [-0.2, 0) is 14.8 Å². The Hall–Kier alpha value is -2.81. The minimum atomic E-state index is -3.87. The molecule has 0 radical (unpaired) electrons. The number of carbonyl (C=O) groups is 1. The lowest BCUT2D eigenvalue weighted by Gasteiger charge is -2.11. The van der Waals surface area contributed by atoms with Crippen molar-refractivity contribution in [1.29, 1.82) is 0 Å². The van der Waals surface area contributed by atoms with Crippen LogP contribution in [0.15, 0.2) is 59.6 Å². The largest absolute Gasteiger partial charge is 0.478 e. The van der Waals surface area contributed by atoms with Gasteiger partial charge in [0.2, 0.25) is 10.0 Å². The first-order valence-electron chi connectivity index (χ1n) is 8.13. The maximum atomic E-state index is 12.5. The standard InChI is InChI=1S/C19H18N2O5S/c1-26-8-7-21-27(24,25)17-11-15(10-16(12-17)19(22)23)13-4-5-18-14(9-13)3-2-6-20-18/h2-6,9-12,21H,7-8H2,1H3,(H,22,23). The van der Waals surface area contributed by atoms with Crippen LogP contribution in [0.25, 0.3) is 22.0 Å². The molecule has 3 aromatic rings. The van der Waals surface area contributed by atoms with E-state index in [9.17, 15) is 18.3 Å². The van der Waals surface area contributed by atoms with Crippen LogP contribution >= 0.6 is 0 Å². The second-order valence-corrected chi connectivity index (χ2v) is 7.62. The fraction of sp³-hybridized carbons (Fsp3) is 0.158. The number of ether oxygens (including phenoxy) is 1. The second kappa shape index (κ2) is 7.83. The zero-order chi connectivity index (χ0) is 19.4. The van der Waals surface area contributed by atoms with Crippen LogP contribution in [0.1, 0.15) is 10.4 Å². The second-order valence-electron chi connectivity index (χ2n) is 5.85. The Morgan fingerprint density at radius 2 is 1.96 bits per heavy atom. The molecule has 0 atom stereocenters. The van der Waals surface area contributed by atoms with Gasteiger partial charge in [0, 0.05) is 25.2 Å². The van der Waals surface area contributed by atoms with Crippen LogP contribution in [0.2, 0.25) is 0 Å². The Morgan fingerprint density at radius 1 is 1.15 bits per heavy atom. The number of carboxylic acids is 1. The zero-order valence-electron chi connectivity index (χ0n) is 14.5. The van der Waals surface area contributed by atoms with E-state index in [2.05, 4.69) is 9.71 Å². The van der Waals surface area contributed by atoms with Gasteiger partial charge in [0.05, 0.1) is 22.6 Å². The van der Waals surface area contributed by atoms with Crippen molar-refractivity contribution in [3.8, 4) is 11.1 Å². The average molecular weight is 386 g/mol. The van der Waals surface area contributed by atoms with Gasteiger partial charge in [-0.2, -0.15) is 0 Å². The number of benzene rings is 2. The minimum Gasteiger partial charge on any atom is -0.478 e. The fourth-order valence-electron chi connectivity index (χ4n) is 2.66. The third-order valence-corrected chi connectivity index (χ3v) is 5.44. The molecule has 7 nitrogen and oxygen atoms in total. The Labute approximate surface area is 156 Å². The highest BCUT2D eigenvalue weighted by Gasteiger charge is 2.18. The molecule has 1 aromatic heterocycles. The van der Waals surface area contributed by atoms with Crippen LogP contribution in [0, 0.1) is 0 Å². The molecule has 0 aliphatic rings. The normalized spacial score (nSPS) is 11.6. The number of rotatable bonds is 7. The summed E-state index contributed by atoms with van der Waals surface area (Å²) in [5, 5.41) is 10.3. The first kappa shape index (κ1) is 19.0. The van der Waals surface area contributed by atoms with Gasteiger partial charge in [-0.15, -0.1) is 0 Å². The Bertz CT molecular complexity index is 1100. The van der Waals surface area contributed by atoms with Gasteiger partial charge >= 0.3 is 5.97 Å². The van der Waals surface area contributed by atoms with Crippen LogP contribution in [0.5, 0.6) is 0 Å². The molecule has 0 aliphatic heterocycles. The monoisotopic (exact) mass is 386 g/mol. The van der Waals surface area contributed by atoms with Crippen LogP contribution < -0.4 is 4.72 Å². The summed E-state index contributed by atoms with van der Waals surface area (Å²) < 4.78 is 32.3. The highest BCUT2D eigenvalue weighted by molar-refractivity contribution is 7.89. The maximum Gasteiger partial charge on any atom is 0.335 e. The molecule has 3 rings (SSSR count). The quantitative estimate of drug-likeness (QED) is 0.605. The minimum absolute atomic E-state index is 0.0904. The number of nitrogens with zero attached hydrogens (tertiary/aromatic N) is 1. The lowest BCUT2D eigenvalue weighted by atomic mass is 10.0. The maximum absolute atomic E-state index is 12.5. The van der Waals surface area contributed by atoms with E-state index in [1.807, 2.05) is 18.2 Å². The number of aromatic carboxylic acids is 1. The van der Waals surface area contributed by atoms with Crippen molar-refractivity contribution in [1.82, 2.24) is 9.71 Å². The van der Waals surface area contributed by atoms with Gasteiger partial charge in [0.15, 0.2) is 0 Å². The van der Waals surface area contributed by atoms with Gasteiger partial charge < -0.3 is 9.84 Å². The van der Waals surface area contributed by atoms with Gasteiger partial charge in [0.25, 0.3) is 0 Å². The number of hydrogen-bond acceptors (Lipinski definition) is 5. The van der Waals surface area contributed by atoms with Crippen LogP contribution in [-0.4, -0.2) is 44.7 Å². The summed E-state index contributed by atoms with van der Waals surface area (Å²) in [6.45, 7) is 0.301. The molecule has 0 fully saturated rings. The molecular formula is C19H18N2O5S. The molecule has 140 valence electrons. The number of methoxy groups -OCH3 is 1.